The first kappa shape index (κ1) is 23.8. The third-order valence-electron chi connectivity index (χ3n) is 6.71. The highest BCUT2D eigenvalue weighted by Gasteiger charge is 2.27. The minimum atomic E-state index is -0.172. The second-order valence-electron chi connectivity index (χ2n) is 8.85. The quantitative estimate of drug-likeness (QED) is 0.467. The molecule has 2 aliphatic heterocycles. The molecule has 1 amide bonds. The van der Waals surface area contributed by atoms with Crippen LogP contribution in [-0.4, -0.2) is 73.9 Å². The van der Waals surface area contributed by atoms with E-state index in [0.717, 1.165) is 51.9 Å². The van der Waals surface area contributed by atoms with Crippen molar-refractivity contribution >= 4 is 29.5 Å². The number of amides is 1. The molecule has 8 heteroatoms. The summed E-state index contributed by atoms with van der Waals surface area (Å²) in [7, 11) is 1.52. The van der Waals surface area contributed by atoms with Crippen LogP contribution in [0.2, 0.25) is 5.02 Å². The molecule has 0 aromatic heterocycles. The third-order valence-corrected chi connectivity index (χ3v) is 7.04. The highest BCUT2D eigenvalue weighted by Crippen LogP contribution is 2.29. The van der Waals surface area contributed by atoms with E-state index < -0.39 is 0 Å². The van der Waals surface area contributed by atoms with Crippen LogP contribution in [0.3, 0.4) is 0 Å². The van der Waals surface area contributed by atoms with Gasteiger partial charge in [-0.3, -0.25) is 4.79 Å². The lowest BCUT2D eigenvalue weighted by molar-refractivity contribution is -0.108. The van der Waals surface area contributed by atoms with Gasteiger partial charge in [0, 0.05) is 44.2 Å². The van der Waals surface area contributed by atoms with Crippen molar-refractivity contribution in [3.63, 3.8) is 0 Å². The molecule has 1 aromatic rings. The molecule has 0 aliphatic carbocycles. The molecule has 1 aromatic carbocycles. The summed E-state index contributed by atoms with van der Waals surface area (Å²) in [6, 6.07) is 3.66. The molecule has 0 saturated carbocycles. The number of carbonyl (C=O) groups is 2. The number of nitrogens with two attached hydrogens (primary N) is 1. The first-order valence-corrected chi connectivity index (χ1v) is 11.6. The molecule has 0 radical (unpaired) electrons. The summed E-state index contributed by atoms with van der Waals surface area (Å²) in [5, 5.41) is 3.48. The monoisotopic (exact) mass is 450 g/mol. The summed E-state index contributed by atoms with van der Waals surface area (Å²) in [5.41, 5.74) is 6.62. The Labute approximate surface area is 190 Å². The molecule has 2 aliphatic rings. The van der Waals surface area contributed by atoms with E-state index in [4.69, 9.17) is 22.1 Å². The fourth-order valence-electron chi connectivity index (χ4n) is 4.67. The number of aldehydes is 1. The summed E-state index contributed by atoms with van der Waals surface area (Å²) >= 11 is 6.10. The van der Waals surface area contributed by atoms with Crippen molar-refractivity contribution in [1.29, 1.82) is 0 Å². The van der Waals surface area contributed by atoms with Gasteiger partial charge < -0.3 is 30.4 Å². The lowest BCUT2D eigenvalue weighted by Crippen LogP contribution is -2.47. The molecule has 1 atom stereocenters. The van der Waals surface area contributed by atoms with Crippen LogP contribution < -0.4 is 15.8 Å². The fraction of sp³-hybridized carbons (Fsp3) is 0.652. The molecule has 2 saturated heterocycles. The van der Waals surface area contributed by atoms with E-state index in [-0.39, 0.29) is 11.9 Å². The summed E-state index contributed by atoms with van der Waals surface area (Å²) in [6.45, 7) is 7.41. The van der Waals surface area contributed by atoms with Gasteiger partial charge in [-0.1, -0.05) is 11.6 Å². The first-order chi connectivity index (χ1) is 14.9. The zero-order valence-corrected chi connectivity index (χ0v) is 19.4. The molecule has 3 rings (SSSR count). The standard InChI is InChI=1S/C23H35ClN4O3/c1-16(7-12-29)28-10-3-17(4-11-28)15-27-8-5-18(6-9-27)26-23(30)19-13-20(24)21(25)14-22(19)31-2/h12-14,16-18H,3-11,15,25H2,1-2H3,(H,26,30). The van der Waals surface area contributed by atoms with E-state index in [1.807, 2.05) is 0 Å². The number of carbonyl (C=O) groups excluding carboxylic acids is 2. The summed E-state index contributed by atoms with van der Waals surface area (Å²) in [4.78, 5) is 28.5. The number of piperidine rings is 2. The van der Waals surface area contributed by atoms with Gasteiger partial charge in [0.1, 0.15) is 12.0 Å². The molecule has 172 valence electrons. The van der Waals surface area contributed by atoms with Crippen molar-refractivity contribution < 1.29 is 14.3 Å². The van der Waals surface area contributed by atoms with Crippen LogP contribution >= 0.6 is 11.6 Å². The van der Waals surface area contributed by atoms with E-state index >= 15 is 0 Å². The molecule has 7 nitrogen and oxygen atoms in total. The van der Waals surface area contributed by atoms with Gasteiger partial charge in [-0.2, -0.15) is 0 Å². The number of ether oxygens (including phenoxy) is 1. The molecule has 31 heavy (non-hydrogen) atoms. The van der Waals surface area contributed by atoms with Crippen molar-refractivity contribution in [2.75, 3.05) is 45.6 Å². The van der Waals surface area contributed by atoms with E-state index in [0.29, 0.717) is 40.4 Å². The maximum Gasteiger partial charge on any atom is 0.255 e. The number of hydrogen-bond donors (Lipinski definition) is 2. The lowest BCUT2D eigenvalue weighted by atomic mass is 9.93. The van der Waals surface area contributed by atoms with Crippen LogP contribution in [0.1, 0.15) is 49.4 Å². The SMILES string of the molecule is COc1cc(N)c(Cl)cc1C(=O)NC1CCN(CC2CCN(C(C)CC=O)CC2)CC1. The molecule has 0 spiro atoms. The normalized spacial score (nSPS) is 20.4. The lowest BCUT2D eigenvalue weighted by Gasteiger charge is -2.39. The Bertz CT molecular complexity index is 759. The number of methoxy groups -OCH3 is 1. The molecule has 2 fully saturated rings. The van der Waals surface area contributed by atoms with E-state index in [1.165, 1.54) is 20.0 Å². The van der Waals surface area contributed by atoms with Gasteiger partial charge in [0.2, 0.25) is 0 Å². The number of nitrogens with one attached hydrogen (secondary N) is 1. The zero-order chi connectivity index (χ0) is 22.4. The highest BCUT2D eigenvalue weighted by atomic mass is 35.5. The average molecular weight is 451 g/mol. The third kappa shape index (κ3) is 6.34. The fourth-order valence-corrected chi connectivity index (χ4v) is 4.83. The second-order valence-corrected chi connectivity index (χ2v) is 9.26. The van der Waals surface area contributed by atoms with Gasteiger partial charge in [0.25, 0.3) is 5.91 Å². The van der Waals surface area contributed by atoms with Crippen LogP contribution in [0.4, 0.5) is 5.69 Å². The van der Waals surface area contributed by atoms with Gasteiger partial charge in [-0.25, -0.2) is 0 Å². The van der Waals surface area contributed by atoms with Gasteiger partial charge in [-0.15, -0.1) is 0 Å². The number of likely N-dealkylation sites (tertiary alicyclic amines) is 2. The van der Waals surface area contributed by atoms with Gasteiger partial charge in [0.15, 0.2) is 0 Å². The van der Waals surface area contributed by atoms with Crippen molar-refractivity contribution in [1.82, 2.24) is 15.1 Å². The van der Waals surface area contributed by atoms with Crippen LogP contribution in [0.15, 0.2) is 12.1 Å². The second kappa shape index (κ2) is 11.2. The number of benzene rings is 1. The molecule has 2 heterocycles. The maximum absolute atomic E-state index is 12.8. The summed E-state index contributed by atoms with van der Waals surface area (Å²) in [5.74, 6) is 0.978. The predicted molar refractivity (Wildman–Crippen MR) is 124 cm³/mol. The topological polar surface area (TPSA) is 87.9 Å². The molecule has 0 bridgehead atoms. The number of nitrogen functional groups attached to an aromatic ring is 1. The Morgan fingerprint density at radius 3 is 2.55 bits per heavy atom. The van der Waals surface area contributed by atoms with Crippen molar-refractivity contribution in [3.05, 3.63) is 22.7 Å². The van der Waals surface area contributed by atoms with Crippen LogP contribution in [0, 0.1) is 5.92 Å². The Morgan fingerprint density at radius 1 is 1.26 bits per heavy atom. The van der Waals surface area contributed by atoms with Gasteiger partial charge in [-0.05, 0) is 57.7 Å². The van der Waals surface area contributed by atoms with E-state index in [1.54, 1.807) is 12.1 Å². The average Bonchev–Trinajstić information content (AvgIpc) is 2.77. The van der Waals surface area contributed by atoms with Crippen molar-refractivity contribution in [2.45, 2.75) is 51.1 Å². The van der Waals surface area contributed by atoms with Gasteiger partial charge >= 0.3 is 0 Å². The Kier molecular flexibility index (Phi) is 8.58. The Morgan fingerprint density at radius 2 is 1.94 bits per heavy atom. The zero-order valence-electron chi connectivity index (χ0n) is 18.6. The van der Waals surface area contributed by atoms with Crippen molar-refractivity contribution in [2.24, 2.45) is 5.92 Å². The minimum Gasteiger partial charge on any atom is -0.496 e. The summed E-state index contributed by atoms with van der Waals surface area (Å²) in [6.07, 6.45) is 5.91. The molecular weight excluding hydrogens is 416 g/mol. The number of halogens is 1. The molecule has 1 unspecified atom stereocenters. The van der Waals surface area contributed by atoms with E-state index in [2.05, 4.69) is 22.0 Å². The van der Waals surface area contributed by atoms with Crippen LogP contribution in [0.5, 0.6) is 5.75 Å². The smallest absolute Gasteiger partial charge is 0.255 e. The first-order valence-electron chi connectivity index (χ1n) is 11.2. The highest BCUT2D eigenvalue weighted by molar-refractivity contribution is 6.33. The largest absolute Gasteiger partial charge is 0.496 e. The number of anilines is 1. The van der Waals surface area contributed by atoms with Gasteiger partial charge in [0.05, 0.1) is 23.4 Å². The maximum atomic E-state index is 12.8. The molecule has 3 N–H and O–H groups in total. The van der Waals surface area contributed by atoms with Crippen molar-refractivity contribution in [3.8, 4) is 5.75 Å². The number of nitrogens with zero attached hydrogens (tertiary/aromatic N) is 2. The van der Waals surface area contributed by atoms with Crippen LogP contribution in [-0.2, 0) is 4.79 Å². The van der Waals surface area contributed by atoms with Crippen LogP contribution in [0.25, 0.3) is 0 Å². The Hall–Kier alpha value is -1.83. The Balaban J connectivity index is 1.43. The predicted octanol–water partition coefficient (Wildman–Crippen LogP) is 2.81. The summed E-state index contributed by atoms with van der Waals surface area (Å²) < 4.78 is 5.30. The number of hydrogen-bond acceptors (Lipinski definition) is 6. The number of rotatable bonds is 8. The van der Waals surface area contributed by atoms with E-state index in [9.17, 15) is 9.59 Å². The minimum absolute atomic E-state index is 0.149. The molecular formula is C23H35ClN4O3.